The molecule has 0 saturated carbocycles. The van der Waals surface area contributed by atoms with Gasteiger partial charge in [-0.05, 0) is 77.6 Å². The zero-order chi connectivity index (χ0) is 19.1. The molecule has 4 rings (SSSR count). The molecule has 2 aromatic rings. The maximum atomic E-state index is 6.02. The summed E-state index contributed by atoms with van der Waals surface area (Å²) in [5, 5.41) is 1.58. The van der Waals surface area contributed by atoms with E-state index in [1.165, 1.54) is 19.6 Å². The van der Waals surface area contributed by atoms with E-state index in [0.717, 1.165) is 29.3 Å². The van der Waals surface area contributed by atoms with Crippen LogP contribution in [0.15, 0.2) is 80.3 Å². The third kappa shape index (κ3) is 3.87. The van der Waals surface area contributed by atoms with Gasteiger partial charge in [-0.15, -0.1) is 0 Å². The number of hydrogen-bond donors (Lipinski definition) is 0. The number of rotatable bonds is 5. The van der Waals surface area contributed by atoms with E-state index in [2.05, 4.69) is 50.3 Å². The van der Waals surface area contributed by atoms with Crippen molar-refractivity contribution in [3.05, 3.63) is 80.5 Å². The Balaban J connectivity index is 1.52. The minimum Gasteiger partial charge on any atom is -0.0948 e. The smallest absolute Gasteiger partial charge is 0.0406 e. The molecule has 0 aliphatic heterocycles. The highest BCUT2D eigenvalue weighted by Gasteiger charge is 2.52. The van der Waals surface area contributed by atoms with Crippen LogP contribution in [0.3, 0.4) is 0 Å². The van der Waals surface area contributed by atoms with Crippen molar-refractivity contribution in [3.8, 4) is 0 Å². The highest BCUT2D eigenvalue weighted by molar-refractivity contribution is 8.03. The molecule has 0 nitrogen and oxygen atoms in total. The molecule has 0 amide bonds. The van der Waals surface area contributed by atoms with E-state index < -0.39 is 0 Å². The third-order valence-corrected chi connectivity index (χ3v) is 8.41. The molecular formula is C23H22Cl2S2. The van der Waals surface area contributed by atoms with Gasteiger partial charge in [-0.25, -0.2) is 0 Å². The van der Waals surface area contributed by atoms with Crippen molar-refractivity contribution in [1.29, 1.82) is 0 Å². The molecule has 0 saturated heterocycles. The van der Waals surface area contributed by atoms with Gasteiger partial charge >= 0.3 is 0 Å². The first-order valence-corrected chi connectivity index (χ1v) is 11.6. The maximum absolute atomic E-state index is 6.02. The van der Waals surface area contributed by atoms with Crippen LogP contribution >= 0.6 is 46.7 Å². The van der Waals surface area contributed by atoms with Gasteiger partial charge in [-0.2, -0.15) is 0 Å². The Morgan fingerprint density at radius 3 is 1.70 bits per heavy atom. The lowest BCUT2D eigenvalue weighted by atomic mass is 9.67. The van der Waals surface area contributed by atoms with Crippen molar-refractivity contribution < 1.29 is 0 Å². The number of thioether (sulfide) groups is 2. The summed E-state index contributed by atoms with van der Waals surface area (Å²) in [7, 11) is 0. The molecule has 0 radical (unpaired) electrons. The molecule has 2 aliphatic carbocycles. The molecule has 2 aliphatic rings. The summed E-state index contributed by atoms with van der Waals surface area (Å²) in [5.74, 6) is 0. The molecule has 0 N–H and O–H groups in total. The Hall–Kier alpha value is -0.800. The molecule has 4 heteroatoms. The minimum atomic E-state index is 0.200. The van der Waals surface area contributed by atoms with Crippen molar-refractivity contribution in [2.45, 2.75) is 42.9 Å². The molecule has 2 atom stereocenters. The van der Waals surface area contributed by atoms with Crippen molar-refractivity contribution >= 4 is 46.7 Å². The molecule has 0 bridgehead atoms. The summed E-state index contributed by atoms with van der Waals surface area (Å²) >= 11 is 15.8. The van der Waals surface area contributed by atoms with Gasteiger partial charge in [0, 0.05) is 30.7 Å². The lowest BCUT2D eigenvalue weighted by Crippen LogP contribution is -2.28. The molecule has 0 aromatic heterocycles. The van der Waals surface area contributed by atoms with Gasteiger partial charge < -0.3 is 0 Å². The lowest BCUT2D eigenvalue weighted by Gasteiger charge is -2.36. The highest BCUT2D eigenvalue weighted by Crippen LogP contribution is 2.65. The first-order valence-electron chi connectivity index (χ1n) is 9.22. The standard InChI is InChI=1S/C23H22Cl2S2/c1-3-23-14-20(26-18-8-4-16(24)5-9-18)12-22(23,2)13-21(15-23)27-19-10-6-17(25)7-11-19/h4-12,15H,3,13-14H2,1-2H3/t22-,23+/m1/s1. The summed E-state index contributed by atoms with van der Waals surface area (Å²) in [5.41, 5.74) is 0.432. The number of benzene rings is 2. The Morgan fingerprint density at radius 2 is 1.26 bits per heavy atom. The van der Waals surface area contributed by atoms with E-state index in [1.807, 2.05) is 47.8 Å². The average molecular weight is 433 g/mol. The minimum absolute atomic E-state index is 0.200. The zero-order valence-corrected chi connectivity index (χ0v) is 18.6. The van der Waals surface area contributed by atoms with Crippen LogP contribution < -0.4 is 0 Å². The Kier molecular flexibility index (Phi) is 5.46. The zero-order valence-electron chi connectivity index (χ0n) is 15.5. The highest BCUT2D eigenvalue weighted by atomic mass is 35.5. The van der Waals surface area contributed by atoms with Crippen molar-refractivity contribution in [1.82, 2.24) is 0 Å². The van der Waals surface area contributed by atoms with Crippen LogP contribution in [0.25, 0.3) is 0 Å². The fourth-order valence-corrected chi connectivity index (χ4v) is 7.00. The molecule has 140 valence electrons. The maximum Gasteiger partial charge on any atom is 0.0406 e. The van der Waals surface area contributed by atoms with Crippen molar-refractivity contribution in [3.63, 3.8) is 0 Å². The Morgan fingerprint density at radius 1 is 0.778 bits per heavy atom. The van der Waals surface area contributed by atoms with Crippen LogP contribution in [0.4, 0.5) is 0 Å². The van der Waals surface area contributed by atoms with Crippen LogP contribution in [-0.4, -0.2) is 0 Å². The average Bonchev–Trinajstić information content (AvgIpc) is 3.04. The fourth-order valence-electron chi connectivity index (χ4n) is 4.30. The molecular weight excluding hydrogens is 411 g/mol. The third-order valence-electron chi connectivity index (χ3n) is 5.84. The van der Waals surface area contributed by atoms with Crippen LogP contribution in [-0.2, 0) is 0 Å². The number of halogens is 2. The largest absolute Gasteiger partial charge is 0.0948 e. The van der Waals surface area contributed by atoms with Gasteiger partial charge in [0.15, 0.2) is 0 Å². The molecule has 0 unspecified atom stereocenters. The second-order valence-electron chi connectivity index (χ2n) is 7.61. The fraction of sp³-hybridized carbons (Fsp3) is 0.304. The summed E-state index contributed by atoms with van der Waals surface area (Å²) in [6, 6.07) is 16.3. The second-order valence-corrected chi connectivity index (χ2v) is 10.9. The molecule has 0 spiro atoms. The topological polar surface area (TPSA) is 0 Å². The SMILES string of the molecule is CC[C@]12C=C(Sc3ccc(Cl)cc3)C[C@@]1(C)C=C(Sc1ccc(Cl)cc1)C2. The summed E-state index contributed by atoms with van der Waals surface area (Å²) in [6.45, 7) is 4.76. The van der Waals surface area contributed by atoms with Gasteiger partial charge in [0.05, 0.1) is 0 Å². The van der Waals surface area contributed by atoms with Crippen molar-refractivity contribution in [2.75, 3.05) is 0 Å². The monoisotopic (exact) mass is 432 g/mol. The number of fused-ring (bicyclic) bond motifs is 1. The Bertz CT molecular complexity index is 899. The van der Waals surface area contributed by atoms with Gasteiger partial charge in [0.2, 0.25) is 0 Å². The van der Waals surface area contributed by atoms with Gasteiger partial charge in [0.1, 0.15) is 0 Å². The van der Waals surface area contributed by atoms with E-state index in [1.54, 1.807) is 0 Å². The van der Waals surface area contributed by atoms with E-state index in [0.29, 0.717) is 0 Å². The van der Waals surface area contributed by atoms with E-state index in [-0.39, 0.29) is 10.8 Å². The molecule has 0 heterocycles. The molecule has 0 fully saturated rings. The molecule has 2 aromatic carbocycles. The first kappa shape index (κ1) is 19.5. The summed E-state index contributed by atoms with van der Waals surface area (Å²) in [4.78, 5) is 5.49. The summed E-state index contributed by atoms with van der Waals surface area (Å²) in [6.07, 6.45) is 8.48. The van der Waals surface area contributed by atoms with Crippen molar-refractivity contribution in [2.24, 2.45) is 10.8 Å². The predicted molar refractivity (Wildman–Crippen MR) is 121 cm³/mol. The van der Waals surface area contributed by atoms with Gasteiger partial charge in [0.25, 0.3) is 0 Å². The van der Waals surface area contributed by atoms with Gasteiger partial charge in [-0.3, -0.25) is 0 Å². The van der Waals surface area contributed by atoms with E-state index in [9.17, 15) is 0 Å². The second kappa shape index (κ2) is 7.55. The van der Waals surface area contributed by atoms with Crippen LogP contribution in [0.5, 0.6) is 0 Å². The first-order chi connectivity index (χ1) is 12.9. The molecule has 27 heavy (non-hydrogen) atoms. The normalized spacial score (nSPS) is 26.7. The summed E-state index contributed by atoms with van der Waals surface area (Å²) < 4.78 is 0. The van der Waals surface area contributed by atoms with E-state index >= 15 is 0 Å². The number of allylic oxidation sites excluding steroid dienone is 4. The van der Waals surface area contributed by atoms with Crippen LogP contribution in [0.1, 0.15) is 33.1 Å². The van der Waals surface area contributed by atoms with E-state index in [4.69, 9.17) is 23.2 Å². The number of hydrogen-bond acceptors (Lipinski definition) is 2. The van der Waals surface area contributed by atoms with Gasteiger partial charge in [-0.1, -0.05) is 72.7 Å². The Labute approximate surface area is 180 Å². The quantitative estimate of drug-likeness (QED) is 0.462. The van der Waals surface area contributed by atoms with Crippen LogP contribution in [0.2, 0.25) is 10.0 Å². The lowest BCUT2D eigenvalue weighted by molar-refractivity contribution is 0.196. The predicted octanol–water partition coefficient (Wildman–Crippen LogP) is 8.86. The van der Waals surface area contributed by atoms with Crippen LogP contribution in [0, 0.1) is 10.8 Å².